The molecule has 0 amide bonds. The van der Waals surface area contributed by atoms with Gasteiger partial charge in [0, 0.05) is 12.5 Å². The molecule has 0 bridgehead atoms. The molecule has 2 atom stereocenters. The third-order valence-electron chi connectivity index (χ3n) is 4.42. The van der Waals surface area contributed by atoms with Crippen LogP contribution in [0.4, 0.5) is 0 Å². The van der Waals surface area contributed by atoms with E-state index in [0.29, 0.717) is 12.6 Å². The van der Waals surface area contributed by atoms with E-state index in [1.807, 2.05) is 0 Å². The zero-order valence-corrected chi connectivity index (χ0v) is 12.4. The highest BCUT2D eigenvalue weighted by Crippen LogP contribution is 2.36. The van der Waals surface area contributed by atoms with Crippen molar-refractivity contribution in [3.05, 3.63) is 83.9 Å². The molecule has 3 aromatic rings. The third kappa shape index (κ3) is 2.52. The Balaban J connectivity index is 1.74. The average Bonchev–Trinajstić information content (AvgIpc) is 2.62. The van der Waals surface area contributed by atoms with Gasteiger partial charge in [-0.15, -0.1) is 0 Å². The first-order chi connectivity index (χ1) is 10.9. The molecule has 0 saturated carbocycles. The van der Waals surface area contributed by atoms with Crippen LogP contribution in [0.5, 0.6) is 0 Å². The summed E-state index contributed by atoms with van der Waals surface area (Å²) < 4.78 is 6.03. The van der Waals surface area contributed by atoms with Crippen molar-refractivity contribution in [1.82, 2.24) is 5.32 Å². The second-order valence-corrected chi connectivity index (χ2v) is 5.81. The fourth-order valence-corrected chi connectivity index (χ4v) is 3.29. The highest BCUT2D eigenvalue weighted by atomic mass is 16.5. The molecule has 3 aromatic carbocycles. The molecule has 110 valence electrons. The summed E-state index contributed by atoms with van der Waals surface area (Å²) in [7, 11) is 0. The van der Waals surface area contributed by atoms with E-state index in [1.165, 1.54) is 21.9 Å². The van der Waals surface area contributed by atoms with E-state index in [4.69, 9.17) is 4.74 Å². The fraction of sp³-hybridized carbons (Fsp3) is 0.200. The van der Waals surface area contributed by atoms with Gasteiger partial charge >= 0.3 is 0 Å². The van der Waals surface area contributed by atoms with Gasteiger partial charge in [0.2, 0.25) is 0 Å². The largest absolute Gasteiger partial charge is 0.358 e. The summed E-state index contributed by atoms with van der Waals surface area (Å²) in [5.74, 6) is 0.334. The predicted octanol–water partition coefficient (Wildman–Crippen LogP) is 4.24. The number of ether oxygens (including phenoxy) is 1. The Morgan fingerprint density at radius 3 is 2.41 bits per heavy atom. The van der Waals surface area contributed by atoms with Crippen LogP contribution >= 0.6 is 0 Å². The summed E-state index contributed by atoms with van der Waals surface area (Å²) in [6.07, 6.45) is 0.114. The molecule has 1 saturated heterocycles. The van der Waals surface area contributed by atoms with Gasteiger partial charge in [0.05, 0.1) is 12.8 Å². The minimum Gasteiger partial charge on any atom is -0.358 e. The van der Waals surface area contributed by atoms with Gasteiger partial charge in [0.15, 0.2) is 0 Å². The fourth-order valence-electron chi connectivity index (χ4n) is 3.29. The Bertz CT molecular complexity index is 769. The first kappa shape index (κ1) is 13.5. The van der Waals surface area contributed by atoms with Gasteiger partial charge in [-0.2, -0.15) is 0 Å². The van der Waals surface area contributed by atoms with Gasteiger partial charge in [-0.25, -0.2) is 0 Å². The van der Waals surface area contributed by atoms with E-state index in [1.54, 1.807) is 0 Å². The molecular formula is C20H19NO. The molecule has 1 N–H and O–H groups in total. The van der Waals surface area contributed by atoms with Gasteiger partial charge in [-0.05, 0) is 21.9 Å². The second kappa shape index (κ2) is 5.91. The lowest BCUT2D eigenvalue weighted by molar-refractivity contribution is -0.00999. The zero-order chi connectivity index (χ0) is 14.8. The van der Waals surface area contributed by atoms with Crippen LogP contribution in [0.25, 0.3) is 10.8 Å². The summed E-state index contributed by atoms with van der Waals surface area (Å²) in [6.45, 7) is 1.56. The molecule has 2 nitrogen and oxygen atoms in total. The molecule has 0 spiro atoms. The number of fused-ring (bicyclic) bond motifs is 1. The van der Waals surface area contributed by atoms with Gasteiger partial charge in [-0.1, -0.05) is 72.8 Å². The van der Waals surface area contributed by atoms with Crippen LogP contribution in [0.3, 0.4) is 0 Å². The third-order valence-corrected chi connectivity index (χ3v) is 4.42. The molecule has 0 aliphatic carbocycles. The minimum absolute atomic E-state index is 0.114. The van der Waals surface area contributed by atoms with Gasteiger partial charge < -0.3 is 4.74 Å². The van der Waals surface area contributed by atoms with E-state index < -0.39 is 0 Å². The molecule has 22 heavy (non-hydrogen) atoms. The van der Waals surface area contributed by atoms with Crippen molar-refractivity contribution in [2.75, 3.05) is 13.3 Å². The summed E-state index contributed by atoms with van der Waals surface area (Å²) in [5.41, 5.74) is 2.59. The van der Waals surface area contributed by atoms with E-state index in [0.717, 1.165) is 6.54 Å². The maximum absolute atomic E-state index is 6.03. The normalized spacial score (nSPS) is 21.8. The van der Waals surface area contributed by atoms with Crippen LogP contribution in [0.15, 0.2) is 72.8 Å². The van der Waals surface area contributed by atoms with Crippen LogP contribution < -0.4 is 5.32 Å². The van der Waals surface area contributed by atoms with Crippen LogP contribution in [-0.4, -0.2) is 13.3 Å². The van der Waals surface area contributed by atoms with Crippen molar-refractivity contribution in [2.45, 2.75) is 12.0 Å². The first-order valence-electron chi connectivity index (χ1n) is 7.78. The van der Waals surface area contributed by atoms with Crippen molar-refractivity contribution >= 4 is 10.8 Å². The molecule has 0 aromatic heterocycles. The lowest BCUT2D eigenvalue weighted by Crippen LogP contribution is -2.35. The van der Waals surface area contributed by atoms with Crippen molar-refractivity contribution in [1.29, 1.82) is 0 Å². The van der Waals surface area contributed by atoms with Crippen LogP contribution in [0.2, 0.25) is 0 Å². The predicted molar refractivity (Wildman–Crippen MR) is 89.8 cm³/mol. The monoisotopic (exact) mass is 289 g/mol. The summed E-state index contributed by atoms with van der Waals surface area (Å²) in [5, 5.41) is 5.93. The van der Waals surface area contributed by atoms with Crippen molar-refractivity contribution < 1.29 is 4.74 Å². The van der Waals surface area contributed by atoms with Crippen molar-refractivity contribution in [3.63, 3.8) is 0 Å². The first-order valence-corrected chi connectivity index (χ1v) is 7.78. The Morgan fingerprint density at radius 1 is 0.773 bits per heavy atom. The number of hydrogen-bond donors (Lipinski definition) is 1. The van der Waals surface area contributed by atoms with Gasteiger partial charge in [0.1, 0.15) is 0 Å². The van der Waals surface area contributed by atoms with E-state index in [9.17, 15) is 0 Å². The van der Waals surface area contributed by atoms with E-state index in [-0.39, 0.29) is 6.10 Å². The SMILES string of the molecule is c1ccc([C@@H]2OCNC[C@@H]2c2ccc3ccccc3c2)cc1. The van der Waals surface area contributed by atoms with Crippen LogP contribution in [0, 0.1) is 0 Å². The Labute approximate surface area is 130 Å². The molecule has 4 rings (SSSR count). The zero-order valence-electron chi connectivity index (χ0n) is 12.4. The molecule has 0 radical (unpaired) electrons. The lowest BCUT2D eigenvalue weighted by atomic mass is 9.87. The molecule has 1 aliphatic rings. The second-order valence-electron chi connectivity index (χ2n) is 5.81. The summed E-state index contributed by atoms with van der Waals surface area (Å²) in [6, 6.07) is 25.8. The molecule has 1 heterocycles. The van der Waals surface area contributed by atoms with E-state index in [2.05, 4.69) is 78.1 Å². The smallest absolute Gasteiger partial charge is 0.0974 e. The van der Waals surface area contributed by atoms with Crippen molar-refractivity contribution in [3.8, 4) is 0 Å². The Hall–Kier alpha value is -2.16. The minimum atomic E-state index is 0.114. The highest BCUT2D eigenvalue weighted by Gasteiger charge is 2.28. The lowest BCUT2D eigenvalue weighted by Gasteiger charge is -2.33. The number of nitrogens with one attached hydrogen (secondary N) is 1. The topological polar surface area (TPSA) is 21.3 Å². The molecular weight excluding hydrogens is 270 g/mol. The van der Waals surface area contributed by atoms with E-state index >= 15 is 0 Å². The van der Waals surface area contributed by atoms with Crippen LogP contribution in [0.1, 0.15) is 23.1 Å². The maximum Gasteiger partial charge on any atom is 0.0974 e. The summed E-state index contributed by atoms with van der Waals surface area (Å²) in [4.78, 5) is 0. The Kier molecular flexibility index (Phi) is 3.63. The maximum atomic E-state index is 6.03. The average molecular weight is 289 g/mol. The molecule has 1 fully saturated rings. The molecule has 1 aliphatic heterocycles. The number of hydrogen-bond acceptors (Lipinski definition) is 2. The molecule has 0 unspecified atom stereocenters. The summed E-state index contributed by atoms with van der Waals surface area (Å²) >= 11 is 0. The quantitative estimate of drug-likeness (QED) is 0.762. The Morgan fingerprint density at radius 2 is 1.55 bits per heavy atom. The number of benzene rings is 3. The van der Waals surface area contributed by atoms with Crippen LogP contribution in [-0.2, 0) is 4.74 Å². The van der Waals surface area contributed by atoms with Gasteiger partial charge in [0.25, 0.3) is 0 Å². The molecule has 2 heteroatoms. The number of rotatable bonds is 2. The van der Waals surface area contributed by atoms with Gasteiger partial charge in [-0.3, -0.25) is 5.32 Å². The highest BCUT2D eigenvalue weighted by molar-refractivity contribution is 5.83. The standard InChI is InChI=1S/C20H19NO/c1-2-7-16(8-3-1)20-19(13-21-14-22-20)18-11-10-15-6-4-5-9-17(15)12-18/h1-12,19-21H,13-14H2/t19-,20+/m1/s1. The van der Waals surface area contributed by atoms with Crippen molar-refractivity contribution in [2.24, 2.45) is 0 Å².